The summed E-state index contributed by atoms with van der Waals surface area (Å²) in [6.07, 6.45) is 0.273. The number of sulfonamides is 1. The van der Waals surface area contributed by atoms with Gasteiger partial charge in [0.15, 0.2) is 4.90 Å². The van der Waals surface area contributed by atoms with Gasteiger partial charge in [0.2, 0.25) is 10.0 Å². The molecule has 1 N–H and O–H groups in total. The quantitative estimate of drug-likeness (QED) is 0.332. The molecule has 3 aromatic carbocycles. The number of nitrogens with one attached hydrogen (secondary N) is 1. The standard InChI is InChI=1S/C22H21N3O7S/c26-24(27)20-11-12-22(21(14-20)25(28)29)33(30,31)23-19(13-17-7-3-1-4-8-17)16-32-15-18-9-5-2-6-10-18/h1-12,14,19,23H,13,15-16H2/t19-/m0/s1. The molecule has 0 aromatic heterocycles. The first-order chi connectivity index (χ1) is 15.8. The van der Waals surface area contributed by atoms with Crippen molar-refractivity contribution in [1.82, 2.24) is 4.72 Å². The van der Waals surface area contributed by atoms with Crippen LogP contribution < -0.4 is 4.72 Å². The maximum absolute atomic E-state index is 13.0. The van der Waals surface area contributed by atoms with Crippen LogP contribution in [0.2, 0.25) is 0 Å². The van der Waals surface area contributed by atoms with E-state index in [-0.39, 0.29) is 19.6 Å². The van der Waals surface area contributed by atoms with Gasteiger partial charge in [0.25, 0.3) is 11.4 Å². The summed E-state index contributed by atoms with van der Waals surface area (Å²) in [6.45, 7) is 0.259. The lowest BCUT2D eigenvalue weighted by Crippen LogP contribution is -2.40. The Balaban J connectivity index is 1.84. The van der Waals surface area contributed by atoms with E-state index in [2.05, 4.69) is 4.72 Å². The van der Waals surface area contributed by atoms with E-state index in [4.69, 9.17) is 4.74 Å². The molecule has 0 saturated heterocycles. The number of hydrogen-bond acceptors (Lipinski definition) is 7. The molecule has 3 rings (SSSR count). The second-order valence-corrected chi connectivity index (χ2v) is 8.86. The van der Waals surface area contributed by atoms with Crippen molar-refractivity contribution < 1.29 is 23.0 Å². The van der Waals surface area contributed by atoms with Crippen LogP contribution in [0.4, 0.5) is 11.4 Å². The summed E-state index contributed by atoms with van der Waals surface area (Å²) in [5, 5.41) is 22.4. The molecule has 0 heterocycles. The number of benzene rings is 3. The Labute approximate surface area is 190 Å². The number of ether oxygens (including phenoxy) is 1. The SMILES string of the molecule is O=[N+]([O-])c1ccc(S(=O)(=O)N[C@H](COCc2ccccc2)Cc2ccccc2)c([N+](=O)[O-])c1. The van der Waals surface area contributed by atoms with Gasteiger partial charge in [0.1, 0.15) is 0 Å². The molecule has 3 aromatic rings. The number of nitro groups is 2. The van der Waals surface area contributed by atoms with Crippen LogP contribution in [0, 0.1) is 20.2 Å². The van der Waals surface area contributed by atoms with Crippen LogP contribution >= 0.6 is 0 Å². The number of hydrogen-bond donors (Lipinski definition) is 1. The van der Waals surface area contributed by atoms with E-state index >= 15 is 0 Å². The maximum Gasteiger partial charge on any atom is 0.296 e. The van der Waals surface area contributed by atoms with Crippen molar-refractivity contribution in [2.24, 2.45) is 0 Å². The molecule has 33 heavy (non-hydrogen) atoms. The summed E-state index contributed by atoms with van der Waals surface area (Å²) >= 11 is 0. The third-order valence-electron chi connectivity index (χ3n) is 4.72. The van der Waals surface area contributed by atoms with E-state index in [1.165, 1.54) is 0 Å². The lowest BCUT2D eigenvalue weighted by Gasteiger charge is -2.19. The molecule has 172 valence electrons. The van der Waals surface area contributed by atoms with E-state index in [1.807, 2.05) is 60.7 Å². The number of non-ortho nitro benzene ring substituents is 1. The highest BCUT2D eigenvalue weighted by molar-refractivity contribution is 7.89. The van der Waals surface area contributed by atoms with Gasteiger partial charge in [0, 0.05) is 12.1 Å². The lowest BCUT2D eigenvalue weighted by atomic mass is 10.1. The van der Waals surface area contributed by atoms with Gasteiger partial charge in [-0.05, 0) is 23.6 Å². The fourth-order valence-corrected chi connectivity index (χ4v) is 4.57. The van der Waals surface area contributed by atoms with Gasteiger partial charge in [-0.15, -0.1) is 0 Å². The highest BCUT2D eigenvalue weighted by Gasteiger charge is 2.30. The minimum Gasteiger partial charge on any atom is -0.375 e. The molecular weight excluding hydrogens is 450 g/mol. The molecule has 0 saturated carbocycles. The molecule has 0 amide bonds. The Kier molecular flexibility index (Phi) is 7.83. The summed E-state index contributed by atoms with van der Waals surface area (Å²) in [4.78, 5) is 19.9. The van der Waals surface area contributed by atoms with Gasteiger partial charge in [-0.2, -0.15) is 0 Å². The zero-order valence-corrected chi connectivity index (χ0v) is 18.2. The van der Waals surface area contributed by atoms with Gasteiger partial charge < -0.3 is 4.74 Å². The fraction of sp³-hybridized carbons (Fsp3) is 0.182. The smallest absolute Gasteiger partial charge is 0.296 e. The molecule has 11 heteroatoms. The van der Waals surface area contributed by atoms with E-state index < -0.39 is 42.2 Å². The molecular formula is C22H21N3O7S. The van der Waals surface area contributed by atoms with Crippen molar-refractivity contribution in [3.05, 3.63) is 110 Å². The average Bonchev–Trinajstić information content (AvgIpc) is 2.79. The van der Waals surface area contributed by atoms with Crippen molar-refractivity contribution in [2.75, 3.05) is 6.61 Å². The number of nitrogens with zero attached hydrogens (tertiary/aromatic N) is 2. The Hall–Kier alpha value is -3.67. The van der Waals surface area contributed by atoms with E-state index in [9.17, 15) is 28.6 Å². The first kappa shape index (κ1) is 24.0. The van der Waals surface area contributed by atoms with Crippen LogP contribution in [0.3, 0.4) is 0 Å². The van der Waals surface area contributed by atoms with E-state index in [0.29, 0.717) is 6.07 Å². The van der Waals surface area contributed by atoms with Crippen molar-refractivity contribution in [2.45, 2.75) is 24.0 Å². The Morgan fingerprint density at radius 3 is 2.03 bits per heavy atom. The van der Waals surface area contributed by atoms with Crippen molar-refractivity contribution >= 4 is 21.4 Å². The van der Waals surface area contributed by atoms with Crippen LogP contribution in [0.25, 0.3) is 0 Å². The monoisotopic (exact) mass is 471 g/mol. The third kappa shape index (κ3) is 6.65. The normalized spacial score (nSPS) is 12.2. The summed E-state index contributed by atoms with van der Waals surface area (Å²) in [6, 6.07) is 20.1. The first-order valence-electron chi connectivity index (χ1n) is 9.87. The minimum absolute atomic E-state index is 0.00377. The molecule has 10 nitrogen and oxygen atoms in total. The highest BCUT2D eigenvalue weighted by Crippen LogP contribution is 2.28. The highest BCUT2D eigenvalue weighted by atomic mass is 32.2. The second kappa shape index (κ2) is 10.8. The van der Waals surface area contributed by atoms with Crippen LogP contribution in [0.5, 0.6) is 0 Å². The van der Waals surface area contributed by atoms with Crippen LogP contribution in [0.1, 0.15) is 11.1 Å². The predicted octanol–water partition coefficient (Wildman–Crippen LogP) is 3.61. The molecule has 0 aliphatic carbocycles. The summed E-state index contributed by atoms with van der Waals surface area (Å²) in [5.74, 6) is 0. The van der Waals surface area contributed by atoms with E-state index in [0.717, 1.165) is 23.3 Å². The first-order valence-corrected chi connectivity index (χ1v) is 11.4. The molecule has 0 spiro atoms. The molecule has 0 fully saturated rings. The topological polar surface area (TPSA) is 142 Å². The predicted molar refractivity (Wildman–Crippen MR) is 120 cm³/mol. The molecule has 0 aliphatic heterocycles. The van der Waals surface area contributed by atoms with Crippen LogP contribution in [-0.4, -0.2) is 30.9 Å². The molecule has 0 unspecified atom stereocenters. The van der Waals surface area contributed by atoms with Crippen molar-refractivity contribution in [3.8, 4) is 0 Å². The molecule has 1 atom stereocenters. The number of rotatable bonds is 11. The van der Waals surface area contributed by atoms with E-state index in [1.54, 1.807) is 0 Å². The second-order valence-electron chi connectivity index (χ2n) is 7.17. The zero-order chi connectivity index (χ0) is 23.8. The van der Waals surface area contributed by atoms with Gasteiger partial charge in [-0.25, -0.2) is 13.1 Å². The van der Waals surface area contributed by atoms with Gasteiger partial charge >= 0.3 is 0 Å². The average molecular weight is 471 g/mol. The minimum atomic E-state index is -4.39. The van der Waals surface area contributed by atoms with Crippen LogP contribution in [0.15, 0.2) is 83.8 Å². The molecule has 0 radical (unpaired) electrons. The van der Waals surface area contributed by atoms with Crippen molar-refractivity contribution in [3.63, 3.8) is 0 Å². The van der Waals surface area contributed by atoms with Crippen molar-refractivity contribution in [1.29, 1.82) is 0 Å². The van der Waals surface area contributed by atoms with Gasteiger partial charge in [-0.3, -0.25) is 20.2 Å². The molecule has 0 aliphatic rings. The third-order valence-corrected chi connectivity index (χ3v) is 6.28. The van der Waals surface area contributed by atoms with Gasteiger partial charge in [-0.1, -0.05) is 60.7 Å². The largest absolute Gasteiger partial charge is 0.375 e. The number of nitro benzene ring substituents is 2. The maximum atomic E-state index is 13.0. The Bertz CT molecular complexity index is 1220. The zero-order valence-electron chi connectivity index (χ0n) is 17.4. The summed E-state index contributed by atoms with van der Waals surface area (Å²) in [7, 11) is -4.39. The lowest BCUT2D eigenvalue weighted by molar-refractivity contribution is -0.396. The Morgan fingerprint density at radius 1 is 0.848 bits per heavy atom. The Morgan fingerprint density at radius 2 is 1.45 bits per heavy atom. The van der Waals surface area contributed by atoms with Gasteiger partial charge in [0.05, 0.1) is 29.1 Å². The summed E-state index contributed by atoms with van der Waals surface area (Å²) in [5.41, 5.74) is 0.296. The fourth-order valence-electron chi connectivity index (χ4n) is 3.20. The molecule has 0 bridgehead atoms. The van der Waals surface area contributed by atoms with Crippen LogP contribution in [-0.2, 0) is 27.8 Å². The summed E-state index contributed by atoms with van der Waals surface area (Å²) < 4.78 is 34.2.